The van der Waals surface area contributed by atoms with Crippen molar-refractivity contribution >= 4 is 18.6 Å². The molecule has 3 aromatic rings. The lowest BCUT2D eigenvalue weighted by molar-refractivity contribution is -0.106. The van der Waals surface area contributed by atoms with Crippen molar-refractivity contribution in [1.29, 1.82) is 0 Å². The lowest BCUT2D eigenvalue weighted by Crippen LogP contribution is -2.07. The second kappa shape index (κ2) is 16.2. The van der Waals surface area contributed by atoms with E-state index in [0.717, 1.165) is 42.4 Å². The van der Waals surface area contributed by atoms with E-state index < -0.39 is 11.8 Å². The van der Waals surface area contributed by atoms with Gasteiger partial charge in [0.2, 0.25) is 0 Å². The minimum atomic E-state index is -2.84. The molecule has 0 aliphatic rings. The Hall–Kier alpha value is -3.76. The van der Waals surface area contributed by atoms with Gasteiger partial charge in [-0.15, -0.1) is 5.73 Å². The molecule has 0 spiro atoms. The van der Waals surface area contributed by atoms with Gasteiger partial charge in [0.15, 0.2) is 0 Å². The number of rotatable bonds is 5. The normalized spacial score (nSPS) is 10.3. The Kier molecular flexibility index (Phi) is 14.6. The fraction of sp³-hybridized carbons (Fsp3) is 0.281. The van der Waals surface area contributed by atoms with Crippen LogP contribution < -0.4 is 0 Å². The summed E-state index contributed by atoms with van der Waals surface area (Å²) in [4.78, 5) is 16.8. The highest BCUT2D eigenvalue weighted by atomic mass is 19.3. The Morgan fingerprint density at radius 1 is 0.842 bits per heavy atom. The summed E-state index contributed by atoms with van der Waals surface area (Å²) >= 11 is 0. The minimum Gasteiger partial charge on any atom is -0.307 e. The number of aryl methyl sites for hydroxylation is 3. The first kappa shape index (κ1) is 34.2. The summed E-state index contributed by atoms with van der Waals surface area (Å²) in [5.74, 6) is -5.56. The molecule has 3 aromatic carbocycles. The van der Waals surface area contributed by atoms with E-state index in [4.69, 9.17) is 9.59 Å². The van der Waals surface area contributed by atoms with Gasteiger partial charge in [-0.05, 0) is 56.0 Å². The van der Waals surface area contributed by atoms with Crippen molar-refractivity contribution in [2.75, 3.05) is 0 Å². The van der Waals surface area contributed by atoms with Gasteiger partial charge in [0, 0.05) is 39.8 Å². The van der Waals surface area contributed by atoms with Gasteiger partial charge in [-0.3, -0.25) is 0 Å². The number of allylic oxidation sites excluding steroid dienone is 1. The number of hydrogen-bond acceptors (Lipinski definition) is 2. The molecule has 3 rings (SSSR count). The smallest absolute Gasteiger partial charge is 0.270 e. The highest BCUT2D eigenvalue weighted by molar-refractivity contribution is 5.67. The van der Waals surface area contributed by atoms with Crippen LogP contribution in [0.2, 0.25) is 0 Å². The van der Waals surface area contributed by atoms with E-state index >= 15 is 0 Å². The number of carbonyl (C=O) groups is 2. The zero-order valence-corrected chi connectivity index (χ0v) is 22.9. The predicted molar refractivity (Wildman–Crippen MR) is 152 cm³/mol. The first-order valence-corrected chi connectivity index (χ1v) is 11.8. The number of hydrogen-bond donors (Lipinski definition) is 0. The Balaban J connectivity index is -0.000000643. The lowest BCUT2D eigenvalue weighted by Gasteiger charge is -2.13. The van der Waals surface area contributed by atoms with Crippen LogP contribution in [0.25, 0.3) is 5.57 Å². The number of aldehydes is 1. The molecule has 0 heterocycles. The molecule has 0 N–H and O–H groups in total. The summed E-state index contributed by atoms with van der Waals surface area (Å²) in [5, 5.41) is 0. The van der Waals surface area contributed by atoms with Crippen molar-refractivity contribution in [2.45, 2.75) is 59.8 Å². The number of halogens is 4. The first-order chi connectivity index (χ1) is 17.7. The molecular formula is C32H40F4O2. The molecule has 0 amide bonds. The molecule has 0 atom stereocenters. The minimum absolute atomic E-state index is 0. The quantitative estimate of drug-likeness (QED) is 0.186. The molecular weight excluding hydrogens is 492 g/mol. The van der Waals surface area contributed by atoms with Gasteiger partial charge in [-0.25, -0.2) is 17.6 Å². The molecule has 0 unspecified atom stereocenters. The molecule has 0 saturated heterocycles. The van der Waals surface area contributed by atoms with Gasteiger partial charge >= 0.3 is 0 Å². The van der Waals surface area contributed by atoms with Crippen LogP contribution in [0.4, 0.5) is 17.6 Å². The largest absolute Gasteiger partial charge is 0.307 e. The third-order valence-electron chi connectivity index (χ3n) is 5.41. The van der Waals surface area contributed by atoms with Crippen LogP contribution in [-0.4, -0.2) is 13.1 Å². The monoisotopic (exact) mass is 532 g/mol. The molecule has 0 radical (unpaired) electrons. The predicted octanol–water partition coefficient (Wildman–Crippen LogP) is 9.45. The molecule has 0 fully saturated rings. The van der Waals surface area contributed by atoms with E-state index in [1.807, 2.05) is 12.9 Å². The first-order valence-electron chi connectivity index (χ1n) is 11.8. The molecule has 0 aliphatic heterocycles. The van der Waals surface area contributed by atoms with Gasteiger partial charge in [-0.2, -0.15) is 0 Å². The maximum atomic E-state index is 13.5. The summed E-state index contributed by atoms with van der Waals surface area (Å²) in [6.45, 7) is 14.9. The fourth-order valence-electron chi connectivity index (χ4n) is 3.28. The topological polar surface area (TPSA) is 34.1 Å². The van der Waals surface area contributed by atoms with E-state index in [-0.39, 0.29) is 14.0 Å². The Morgan fingerprint density at radius 3 is 1.76 bits per heavy atom. The summed E-state index contributed by atoms with van der Waals surface area (Å²) < 4.78 is 52.2. The summed E-state index contributed by atoms with van der Waals surface area (Å²) in [7, 11) is 0. The molecule has 0 aliphatic carbocycles. The van der Waals surface area contributed by atoms with Gasteiger partial charge in [0.25, 0.3) is 11.8 Å². The van der Waals surface area contributed by atoms with Crippen LogP contribution in [0, 0.1) is 20.8 Å². The van der Waals surface area contributed by atoms with Crippen molar-refractivity contribution in [3.8, 4) is 0 Å². The van der Waals surface area contributed by atoms with Crippen LogP contribution in [0.5, 0.6) is 0 Å². The second-order valence-electron chi connectivity index (χ2n) is 8.71. The van der Waals surface area contributed by atoms with Crippen molar-refractivity contribution in [2.24, 2.45) is 0 Å². The van der Waals surface area contributed by atoms with Crippen molar-refractivity contribution < 1.29 is 30.0 Å². The van der Waals surface area contributed by atoms with Gasteiger partial charge in [0.05, 0.1) is 0 Å². The third-order valence-corrected chi connectivity index (χ3v) is 5.41. The number of carbonyl (C=O) groups excluding carboxylic acids is 2. The molecule has 2 nitrogen and oxygen atoms in total. The third kappa shape index (κ3) is 12.0. The van der Waals surface area contributed by atoms with Gasteiger partial charge in [-0.1, -0.05) is 72.8 Å². The van der Waals surface area contributed by atoms with E-state index in [9.17, 15) is 17.6 Å². The Labute approximate surface area is 226 Å². The van der Waals surface area contributed by atoms with E-state index in [2.05, 4.69) is 44.4 Å². The fourth-order valence-corrected chi connectivity index (χ4v) is 3.28. The van der Waals surface area contributed by atoms with Crippen LogP contribution in [-0.2, 0) is 27.9 Å². The van der Waals surface area contributed by atoms with E-state index in [1.54, 1.807) is 25.1 Å². The number of alkyl halides is 4. The highest BCUT2D eigenvalue weighted by Gasteiger charge is 2.24. The zero-order chi connectivity index (χ0) is 29.5. The SMILES string of the molecule is C=C=C(Cc1ccc(C)c(C)c1)c1cccc(C(C)(F)F)c1.C=O.CC=O.Cc1cccc(C(C)(F)F)c1.[HH].[HH]. The second-order valence-corrected chi connectivity index (χ2v) is 8.71. The van der Waals surface area contributed by atoms with Crippen LogP contribution in [0.1, 0.15) is 62.6 Å². The summed E-state index contributed by atoms with van der Waals surface area (Å²) in [6.07, 6.45) is 1.38. The maximum absolute atomic E-state index is 13.5. The summed E-state index contributed by atoms with van der Waals surface area (Å²) in [6, 6.07) is 19.1. The standard InChI is InChI=1S/C20H20F2.C9H10F2.C2H4O.CH2O.2H2/c1-5-17(12-16-10-9-14(2)15(3)11-16)18-7-6-8-19(13-18)20(4,21)22;1-7-4-3-5-8(6-7)9(2,10)11;1-2-3;1-2;;/h6-11,13H,1,12H2,2-4H3;3-6H,1-2H3;2H,1H3;1H2;2*1H. The highest BCUT2D eigenvalue weighted by Crippen LogP contribution is 2.30. The van der Waals surface area contributed by atoms with Crippen molar-refractivity contribution in [3.05, 3.63) is 118 Å². The Morgan fingerprint density at radius 2 is 1.34 bits per heavy atom. The van der Waals surface area contributed by atoms with Crippen LogP contribution in [0.15, 0.2) is 79.0 Å². The maximum Gasteiger partial charge on any atom is 0.270 e. The van der Waals surface area contributed by atoms with Crippen LogP contribution in [0.3, 0.4) is 0 Å². The Bertz CT molecular complexity index is 1230. The summed E-state index contributed by atoms with van der Waals surface area (Å²) in [5.41, 5.74) is 9.01. The molecule has 208 valence electrons. The zero-order valence-electron chi connectivity index (χ0n) is 22.9. The molecule has 0 bridgehead atoms. The van der Waals surface area contributed by atoms with Crippen molar-refractivity contribution in [1.82, 2.24) is 0 Å². The van der Waals surface area contributed by atoms with Crippen LogP contribution >= 0.6 is 0 Å². The average molecular weight is 533 g/mol. The van der Waals surface area contributed by atoms with E-state index in [0.29, 0.717) is 6.42 Å². The molecule has 0 saturated carbocycles. The lowest BCUT2D eigenvalue weighted by atomic mass is 9.95. The molecule has 6 heteroatoms. The molecule has 38 heavy (non-hydrogen) atoms. The van der Waals surface area contributed by atoms with Gasteiger partial charge in [0.1, 0.15) is 13.1 Å². The number of benzene rings is 3. The molecule has 0 aromatic heterocycles. The van der Waals surface area contributed by atoms with E-state index in [1.165, 1.54) is 42.3 Å². The average Bonchev–Trinajstić information content (AvgIpc) is 2.86. The van der Waals surface area contributed by atoms with Gasteiger partial charge < -0.3 is 9.59 Å². The van der Waals surface area contributed by atoms with Crippen molar-refractivity contribution in [3.63, 3.8) is 0 Å².